The van der Waals surface area contributed by atoms with Crippen LogP contribution in [0, 0.1) is 19.8 Å². The second-order valence-corrected chi connectivity index (χ2v) is 6.95. The molecule has 0 bridgehead atoms. The molecule has 0 saturated carbocycles. The SMILES string of the molecule is Cc1cc(C)c(NC(=O)CN2C(=O)NC(CC(C)C)C2=O)c(Cl)c1. The Labute approximate surface area is 146 Å². The lowest BCUT2D eigenvalue weighted by atomic mass is 10.0. The molecule has 0 spiro atoms. The van der Waals surface area contributed by atoms with Gasteiger partial charge in [-0.05, 0) is 43.4 Å². The zero-order valence-corrected chi connectivity index (χ0v) is 15.0. The molecule has 0 aliphatic carbocycles. The fourth-order valence-electron chi connectivity index (χ4n) is 2.75. The summed E-state index contributed by atoms with van der Waals surface area (Å²) >= 11 is 6.16. The van der Waals surface area contributed by atoms with Gasteiger partial charge in [0.25, 0.3) is 5.91 Å². The van der Waals surface area contributed by atoms with Crippen LogP contribution in [0.4, 0.5) is 10.5 Å². The van der Waals surface area contributed by atoms with Gasteiger partial charge in [-0.1, -0.05) is 31.5 Å². The molecule has 1 aromatic carbocycles. The third-order valence-corrected chi connectivity index (χ3v) is 4.11. The first-order valence-corrected chi connectivity index (χ1v) is 8.25. The van der Waals surface area contributed by atoms with E-state index in [1.54, 1.807) is 6.07 Å². The van der Waals surface area contributed by atoms with Crippen LogP contribution in [-0.4, -0.2) is 35.3 Å². The Kier molecular flexibility index (Phi) is 5.49. The fraction of sp³-hybridized carbons (Fsp3) is 0.471. The largest absolute Gasteiger partial charge is 0.326 e. The molecule has 0 radical (unpaired) electrons. The van der Waals surface area contributed by atoms with Gasteiger partial charge in [0.05, 0.1) is 10.7 Å². The van der Waals surface area contributed by atoms with Crippen LogP contribution in [0.1, 0.15) is 31.4 Å². The van der Waals surface area contributed by atoms with Crippen molar-refractivity contribution in [1.29, 1.82) is 0 Å². The molecule has 1 aromatic rings. The Hall–Kier alpha value is -2.08. The number of benzene rings is 1. The van der Waals surface area contributed by atoms with E-state index in [4.69, 9.17) is 11.6 Å². The molecule has 1 aliphatic heterocycles. The predicted octanol–water partition coefficient (Wildman–Crippen LogP) is 2.86. The van der Waals surface area contributed by atoms with Gasteiger partial charge >= 0.3 is 6.03 Å². The van der Waals surface area contributed by atoms with Gasteiger partial charge < -0.3 is 10.6 Å². The van der Waals surface area contributed by atoms with Crippen LogP contribution >= 0.6 is 11.6 Å². The molecule has 6 nitrogen and oxygen atoms in total. The summed E-state index contributed by atoms with van der Waals surface area (Å²) in [5.74, 6) is -0.560. The van der Waals surface area contributed by atoms with Crippen LogP contribution < -0.4 is 10.6 Å². The smallest absolute Gasteiger partial charge is 0.325 e. The molecule has 2 N–H and O–H groups in total. The number of amides is 4. The first kappa shape index (κ1) is 18.3. The number of nitrogens with one attached hydrogen (secondary N) is 2. The Bertz CT molecular complexity index is 665. The van der Waals surface area contributed by atoms with Gasteiger partial charge in [-0.2, -0.15) is 0 Å². The summed E-state index contributed by atoms with van der Waals surface area (Å²) in [5, 5.41) is 5.73. The highest BCUT2D eigenvalue weighted by Gasteiger charge is 2.39. The number of urea groups is 1. The number of halogens is 1. The Morgan fingerprint density at radius 2 is 2.00 bits per heavy atom. The predicted molar refractivity (Wildman–Crippen MR) is 93.0 cm³/mol. The summed E-state index contributed by atoms with van der Waals surface area (Å²) in [4.78, 5) is 37.4. The number of hydrogen-bond donors (Lipinski definition) is 2. The molecule has 1 fully saturated rings. The van der Waals surface area contributed by atoms with E-state index in [1.165, 1.54) is 0 Å². The van der Waals surface area contributed by atoms with Gasteiger partial charge in [-0.3, -0.25) is 14.5 Å². The molecule has 1 heterocycles. The second-order valence-electron chi connectivity index (χ2n) is 6.54. The summed E-state index contributed by atoms with van der Waals surface area (Å²) < 4.78 is 0. The fourth-order valence-corrected chi connectivity index (χ4v) is 3.12. The normalized spacial score (nSPS) is 17.4. The van der Waals surface area contributed by atoms with Crippen LogP contribution in [0.5, 0.6) is 0 Å². The number of carbonyl (C=O) groups is 3. The van der Waals surface area contributed by atoms with Crippen molar-refractivity contribution in [1.82, 2.24) is 10.2 Å². The second kappa shape index (κ2) is 7.21. The van der Waals surface area contributed by atoms with Crippen molar-refractivity contribution in [3.05, 3.63) is 28.3 Å². The zero-order chi connectivity index (χ0) is 18.0. The van der Waals surface area contributed by atoms with Gasteiger partial charge in [0.15, 0.2) is 0 Å². The van der Waals surface area contributed by atoms with Gasteiger partial charge in [0.2, 0.25) is 5.91 Å². The number of hydrogen-bond acceptors (Lipinski definition) is 3. The summed E-state index contributed by atoms with van der Waals surface area (Å²) in [7, 11) is 0. The third-order valence-electron chi connectivity index (χ3n) is 3.81. The molecule has 24 heavy (non-hydrogen) atoms. The van der Waals surface area contributed by atoms with Crippen LogP contribution in [0.25, 0.3) is 0 Å². The van der Waals surface area contributed by atoms with Crippen molar-refractivity contribution in [2.24, 2.45) is 5.92 Å². The van der Waals surface area contributed by atoms with Gasteiger partial charge in [-0.15, -0.1) is 0 Å². The lowest BCUT2D eigenvalue weighted by molar-refractivity contribution is -0.131. The number of nitrogens with zero attached hydrogens (tertiary/aromatic N) is 1. The average Bonchev–Trinajstić information content (AvgIpc) is 2.70. The molecule has 7 heteroatoms. The monoisotopic (exact) mass is 351 g/mol. The van der Waals surface area contributed by atoms with Crippen LogP contribution in [0.15, 0.2) is 12.1 Å². The topological polar surface area (TPSA) is 78.5 Å². The summed E-state index contributed by atoms with van der Waals surface area (Å²) in [6.45, 7) is 7.35. The number of carbonyl (C=O) groups excluding carboxylic acids is 3. The van der Waals surface area contributed by atoms with E-state index in [0.29, 0.717) is 17.1 Å². The van der Waals surface area contributed by atoms with Gasteiger partial charge in [0.1, 0.15) is 12.6 Å². The molecule has 2 rings (SSSR count). The number of imide groups is 1. The van der Waals surface area contributed by atoms with E-state index in [-0.39, 0.29) is 18.4 Å². The molecular weight excluding hydrogens is 330 g/mol. The van der Waals surface area contributed by atoms with Crippen molar-refractivity contribution >= 4 is 35.1 Å². The van der Waals surface area contributed by atoms with Crippen molar-refractivity contribution in [2.45, 2.75) is 40.2 Å². The van der Waals surface area contributed by atoms with E-state index in [1.807, 2.05) is 33.8 Å². The summed E-state index contributed by atoms with van der Waals surface area (Å²) in [6, 6.07) is 2.55. The highest BCUT2D eigenvalue weighted by molar-refractivity contribution is 6.34. The summed E-state index contributed by atoms with van der Waals surface area (Å²) in [5.41, 5.74) is 2.31. The van der Waals surface area contributed by atoms with Gasteiger partial charge in [0, 0.05) is 0 Å². The minimum atomic E-state index is -0.560. The van der Waals surface area contributed by atoms with E-state index < -0.39 is 18.0 Å². The molecule has 130 valence electrons. The number of anilines is 1. The van der Waals surface area contributed by atoms with E-state index >= 15 is 0 Å². The van der Waals surface area contributed by atoms with Crippen LogP contribution in [0.2, 0.25) is 5.02 Å². The van der Waals surface area contributed by atoms with Crippen LogP contribution in [-0.2, 0) is 9.59 Å². The molecule has 1 unspecified atom stereocenters. The minimum Gasteiger partial charge on any atom is -0.326 e. The average molecular weight is 352 g/mol. The van der Waals surface area contributed by atoms with E-state index in [9.17, 15) is 14.4 Å². The number of aryl methyl sites for hydroxylation is 2. The lowest BCUT2D eigenvalue weighted by Crippen LogP contribution is -2.38. The Morgan fingerprint density at radius 3 is 2.58 bits per heavy atom. The van der Waals surface area contributed by atoms with Crippen molar-refractivity contribution in [3.63, 3.8) is 0 Å². The van der Waals surface area contributed by atoms with E-state index in [2.05, 4.69) is 10.6 Å². The molecule has 4 amide bonds. The molecule has 0 aromatic heterocycles. The molecular formula is C17H22ClN3O3. The maximum absolute atomic E-state index is 12.3. The summed E-state index contributed by atoms with van der Waals surface area (Å²) in [6.07, 6.45) is 0.547. The van der Waals surface area contributed by atoms with Crippen LogP contribution in [0.3, 0.4) is 0 Å². The van der Waals surface area contributed by atoms with Crippen molar-refractivity contribution in [3.8, 4) is 0 Å². The van der Waals surface area contributed by atoms with Crippen molar-refractivity contribution in [2.75, 3.05) is 11.9 Å². The molecule has 1 atom stereocenters. The maximum Gasteiger partial charge on any atom is 0.325 e. The zero-order valence-electron chi connectivity index (χ0n) is 14.3. The third kappa shape index (κ3) is 4.06. The minimum absolute atomic E-state index is 0.266. The quantitative estimate of drug-likeness (QED) is 0.800. The highest BCUT2D eigenvalue weighted by Crippen LogP contribution is 2.27. The maximum atomic E-state index is 12.3. The molecule has 1 saturated heterocycles. The van der Waals surface area contributed by atoms with E-state index in [0.717, 1.165) is 16.0 Å². The highest BCUT2D eigenvalue weighted by atomic mass is 35.5. The lowest BCUT2D eigenvalue weighted by Gasteiger charge is -2.15. The van der Waals surface area contributed by atoms with Crippen molar-refractivity contribution < 1.29 is 14.4 Å². The Balaban J connectivity index is 2.05. The molecule has 1 aliphatic rings. The standard InChI is InChI=1S/C17H22ClN3O3/c1-9(2)5-13-16(23)21(17(24)19-13)8-14(22)20-15-11(4)6-10(3)7-12(15)18/h6-7,9,13H,5,8H2,1-4H3,(H,19,24)(H,20,22). The first-order chi connectivity index (χ1) is 11.2. The first-order valence-electron chi connectivity index (χ1n) is 7.87. The number of rotatable bonds is 5. The Morgan fingerprint density at radius 1 is 1.33 bits per heavy atom. The van der Waals surface area contributed by atoms with Gasteiger partial charge in [-0.25, -0.2) is 4.79 Å².